The molecule has 0 amide bonds. The van der Waals surface area contributed by atoms with E-state index in [1.165, 1.54) is 0 Å². The highest BCUT2D eigenvalue weighted by atomic mass is 32.1. The first-order valence-corrected chi connectivity index (χ1v) is 5.64. The van der Waals surface area contributed by atoms with E-state index < -0.39 is 5.97 Å². The van der Waals surface area contributed by atoms with Gasteiger partial charge in [-0.2, -0.15) is 0 Å². The summed E-state index contributed by atoms with van der Waals surface area (Å²) >= 11 is 1.54. The van der Waals surface area contributed by atoms with Gasteiger partial charge in [-0.3, -0.25) is 0 Å². The molecule has 4 nitrogen and oxygen atoms in total. The van der Waals surface area contributed by atoms with Crippen LogP contribution in [0.2, 0.25) is 0 Å². The van der Waals surface area contributed by atoms with Crippen molar-refractivity contribution >= 4 is 33.2 Å². The largest absolute Gasteiger partial charge is 0.478 e. The van der Waals surface area contributed by atoms with Crippen LogP contribution in [0.15, 0.2) is 0 Å². The average Bonchev–Trinajstić information content (AvgIpc) is 2.41. The van der Waals surface area contributed by atoms with E-state index in [1.54, 1.807) is 18.3 Å². The number of anilines is 1. The minimum Gasteiger partial charge on any atom is -0.478 e. The molecule has 5 heteroatoms. The highest BCUT2D eigenvalue weighted by Crippen LogP contribution is 2.35. The quantitative estimate of drug-likeness (QED) is 0.797. The SMILES string of the molecule is Cc1nc2sc(C)c(C)c2c(N)c1C(=O)O. The van der Waals surface area contributed by atoms with E-state index in [2.05, 4.69) is 4.98 Å². The van der Waals surface area contributed by atoms with Gasteiger partial charge in [0.1, 0.15) is 10.4 Å². The van der Waals surface area contributed by atoms with Crippen molar-refractivity contribution in [3.63, 3.8) is 0 Å². The van der Waals surface area contributed by atoms with E-state index in [-0.39, 0.29) is 5.56 Å². The number of fused-ring (bicyclic) bond motifs is 1. The molecule has 0 atom stereocenters. The first-order chi connectivity index (χ1) is 7.43. The third kappa shape index (κ3) is 1.36. The second-order valence-corrected chi connectivity index (χ2v) is 4.96. The molecule has 0 bridgehead atoms. The van der Waals surface area contributed by atoms with Gasteiger partial charge < -0.3 is 10.8 Å². The molecule has 0 aliphatic carbocycles. The van der Waals surface area contributed by atoms with Crippen LogP contribution in [0.5, 0.6) is 0 Å². The number of nitrogens with zero attached hydrogens (tertiary/aromatic N) is 1. The monoisotopic (exact) mass is 236 g/mol. The third-order valence-corrected chi connectivity index (χ3v) is 3.85. The molecule has 0 aliphatic heterocycles. The Bertz CT molecular complexity index is 602. The molecule has 0 aromatic carbocycles. The van der Waals surface area contributed by atoms with Gasteiger partial charge >= 0.3 is 5.97 Å². The molecule has 2 aromatic heterocycles. The lowest BCUT2D eigenvalue weighted by atomic mass is 10.1. The molecule has 0 unspecified atom stereocenters. The molecule has 84 valence electrons. The summed E-state index contributed by atoms with van der Waals surface area (Å²) in [5.41, 5.74) is 7.86. The van der Waals surface area contributed by atoms with Crippen molar-refractivity contribution in [2.24, 2.45) is 0 Å². The van der Waals surface area contributed by atoms with Crippen molar-refractivity contribution in [3.8, 4) is 0 Å². The van der Waals surface area contributed by atoms with Gasteiger partial charge in [0.05, 0.1) is 11.4 Å². The fraction of sp³-hybridized carbons (Fsp3) is 0.273. The molecule has 3 N–H and O–H groups in total. The van der Waals surface area contributed by atoms with Crippen LogP contribution in [0.25, 0.3) is 10.2 Å². The van der Waals surface area contributed by atoms with Gasteiger partial charge in [-0.05, 0) is 26.3 Å². The van der Waals surface area contributed by atoms with Crippen LogP contribution < -0.4 is 5.73 Å². The van der Waals surface area contributed by atoms with E-state index in [4.69, 9.17) is 10.8 Å². The summed E-state index contributed by atoms with van der Waals surface area (Å²) in [4.78, 5) is 17.3. The van der Waals surface area contributed by atoms with Gasteiger partial charge in [0, 0.05) is 10.3 Å². The van der Waals surface area contributed by atoms with Gasteiger partial charge in [-0.25, -0.2) is 9.78 Å². The van der Waals surface area contributed by atoms with Crippen LogP contribution in [0.4, 0.5) is 5.69 Å². The Morgan fingerprint density at radius 3 is 2.56 bits per heavy atom. The van der Waals surface area contributed by atoms with Crippen LogP contribution >= 0.6 is 11.3 Å². The Kier molecular flexibility index (Phi) is 2.35. The first kappa shape index (κ1) is 10.9. The molecular formula is C11H12N2O2S. The lowest BCUT2D eigenvalue weighted by Crippen LogP contribution is -2.07. The molecule has 0 spiro atoms. The summed E-state index contributed by atoms with van der Waals surface area (Å²) in [7, 11) is 0. The van der Waals surface area contributed by atoms with Crippen molar-refractivity contribution in [1.82, 2.24) is 4.98 Å². The van der Waals surface area contributed by atoms with Crippen LogP contribution in [-0.2, 0) is 0 Å². The topological polar surface area (TPSA) is 76.2 Å². The molecule has 2 aromatic rings. The van der Waals surface area contributed by atoms with Crippen molar-refractivity contribution < 1.29 is 9.90 Å². The number of hydrogen-bond donors (Lipinski definition) is 2. The van der Waals surface area contributed by atoms with E-state index in [0.717, 1.165) is 20.7 Å². The molecule has 0 saturated carbocycles. The minimum absolute atomic E-state index is 0.119. The fourth-order valence-electron chi connectivity index (χ4n) is 1.80. The first-order valence-electron chi connectivity index (χ1n) is 4.82. The summed E-state index contributed by atoms with van der Waals surface area (Å²) < 4.78 is 0. The van der Waals surface area contributed by atoms with Crippen LogP contribution in [-0.4, -0.2) is 16.1 Å². The number of hydrogen-bond acceptors (Lipinski definition) is 4. The number of aromatic nitrogens is 1. The number of nitrogen functional groups attached to an aromatic ring is 1. The van der Waals surface area contributed by atoms with Gasteiger partial charge in [0.2, 0.25) is 0 Å². The second-order valence-electron chi connectivity index (χ2n) is 3.75. The lowest BCUT2D eigenvalue weighted by molar-refractivity contribution is 0.0697. The smallest absolute Gasteiger partial charge is 0.339 e. The van der Waals surface area contributed by atoms with Gasteiger partial charge in [0.15, 0.2) is 0 Å². The fourth-order valence-corrected chi connectivity index (χ4v) is 2.90. The molecule has 0 fully saturated rings. The van der Waals surface area contributed by atoms with E-state index in [0.29, 0.717) is 11.4 Å². The molecule has 0 saturated heterocycles. The summed E-state index contributed by atoms with van der Waals surface area (Å²) in [6, 6.07) is 0. The van der Waals surface area contributed by atoms with Crippen LogP contribution in [0, 0.1) is 20.8 Å². The Morgan fingerprint density at radius 2 is 2.00 bits per heavy atom. The highest BCUT2D eigenvalue weighted by Gasteiger charge is 2.19. The van der Waals surface area contributed by atoms with Gasteiger partial charge in [-0.1, -0.05) is 0 Å². The number of thiophene rings is 1. The maximum absolute atomic E-state index is 11.1. The van der Waals surface area contributed by atoms with Crippen LogP contribution in [0.1, 0.15) is 26.5 Å². The predicted molar refractivity (Wildman–Crippen MR) is 65.2 cm³/mol. The summed E-state index contributed by atoms with van der Waals surface area (Å²) in [5, 5.41) is 9.87. The standard InChI is InChI=1S/C11H12N2O2S/c1-4-6(3)16-10-7(4)9(12)8(11(14)15)5(2)13-10/h1-3H3,(H2,12,13)(H,14,15). The Hall–Kier alpha value is -1.62. The Morgan fingerprint density at radius 1 is 1.38 bits per heavy atom. The number of aryl methyl sites for hydroxylation is 3. The predicted octanol–water partition coefficient (Wildman–Crippen LogP) is 2.50. The normalized spacial score (nSPS) is 10.9. The lowest BCUT2D eigenvalue weighted by Gasteiger charge is -2.06. The zero-order chi connectivity index (χ0) is 12.0. The zero-order valence-electron chi connectivity index (χ0n) is 9.29. The van der Waals surface area contributed by atoms with Crippen LogP contribution in [0.3, 0.4) is 0 Å². The van der Waals surface area contributed by atoms with Crippen molar-refractivity contribution in [2.75, 3.05) is 5.73 Å². The summed E-state index contributed by atoms with van der Waals surface area (Å²) in [6.45, 7) is 5.59. The maximum atomic E-state index is 11.1. The summed E-state index contributed by atoms with van der Waals surface area (Å²) in [5.74, 6) is -1.02. The summed E-state index contributed by atoms with van der Waals surface area (Å²) in [6.07, 6.45) is 0. The number of pyridine rings is 1. The van der Waals surface area contributed by atoms with Crippen molar-refractivity contribution in [1.29, 1.82) is 0 Å². The zero-order valence-corrected chi connectivity index (χ0v) is 10.1. The number of carboxylic acid groups (broad SMARTS) is 1. The number of aromatic carboxylic acids is 1. The molecule has 0 radical (unpaired) electrons. The maximum Gasteiger partial charge on any atom is 0.339 e. The molecule has 0 aliphatic rings. The molecular weight excluding hydrogens is 224 g/mol. The average molecular weight is 236 g/mol. The Labute approximate surface area is 96.7 Å². The minimum atomic E-state index is -1.02. The number of nitrogens with two attached hydrogens (primary N) is 1. The number of rotatable bonds is 1. The number of carboxylic acids is 1. The van der Waals surface area contributed by atoms with E-state index in [1.807, 2.05) is 13.8 Å². The van der Waals surface area contributed by atoms with Crippen molar-refractivity contribution in [3.05, 3.63) is 21.7 Å². The van der Waals surface area contributed by atoms with Gasteiger partial charge in [0.25, 0.3) is 0 Å². The molecule has 2 heterocycles. The van der Waals surface area contributed by atoms with E-state index in [9.17, 15) is 4.79 Å². The van der Waals surface area contributed by atoms with Gasteiger partial charge in [-0.15, -0.1) is 11.3 Å². The second kappa shape index (κ2) is 3.45. The van der Waals surface area contributed by atoms with Crippen molar-refractivity contribution in [2.45, 2.75) is 20.8 Å². The van der Waals surface area contributed by atoms with E-state index >= 15 is 0 Å². The number of carbonyl (C=O) groups is 1. The molecule has 2 rings (SSSR count). The highest BCUT2D eigenvalue weighted by molar-refractivity contribution is 7.18. The third-order valence-electron chi connectivity index (χ3n) is 2.75. The molecule has 16 heavy (non-hydrogen) atoms. The Balaban J connectivity index is 2.96.